The lowest BCUT2D eigenvalue weighted by molar-refractivity contribution is -0.151. The number of benzene rings is 2. The normalized spacial score (nSPS) is 20.1. The number of rotatable bonds is 3. The van der Waals surface area contributed by atoms with E-state index >= 15 is 4.39 Å². The zero-order chi connectivity index (χ0) is 24.3. The molecule has 1 atom stereocenters. The highest BCUT2D eigenvalue weighted by atomic mass is 19.1. The summed E-state index contributed by atoms with van der Waals surface area (Å²) >= 11 is 0. The van der Waals surface area contributed by atoms with Gasteiger partial charge in [0.2, 0.25) is 0 Å². The Kier molecular flexibility index (Phi) is 5.22. The first-order valence-corrected chi connectivity index (χ1v) is 12.3. The summed E-state index contributed by atoms with van der Waals surface area (Å²) in [5, 5.41) is 2.17. The van der Waals surface area contributed by atoms with Gasteiger partial charge in [-0.25, -0.2) is 18.7 Å². The van der Waals surface area contributed by atoms with Gasteiger partial charge in [-0.3, -0.25) is 4.98 Å². The molecule has 0 N–H and O–H groups in total. The average Bonchev–Trinajstić information content (AvgIpc) is 2.83. The van der Waals surface area contributed by atoms with Crippen molar-refractivity contribution in [2.75, 3.05) is 24.6 Å². The van der Waals surface area contributed by atoms with Gasteiger partial charge in [-0.1, -0.05) is 19.1 Å². The number of hydrogen-bond acceptors (Lipinski definition) is 5. The second kappa shape index (κ2) is 8.19. The van der Waals surface area contributed by atoms with E-state index in [-0.39, 0.29) is 22.6 Å². The van der Waals surface area contributed by atoms with Gasteiger partial charge in [-0.05, 0) is 67.1 Å². The summed E-state index contributed by atoms with van der Waals surface area (Å²) < 4.78 is 36.9. The molecule has 5 nitrogen and oxygen atoms in total. The molecule has 4 aromatic rings. The van der Waals surface area contributed by atoms with E-state index in [1.54, 1.807) is 19.2 Å². The minimum absolute atomic E-state index is 0.115. The van der Waals surface area contributed by atoms with Crippen molar-refractivity contribution in [2.45, 2.75) is 52.1 Å². The van der Waals surface area contributed by atoms with Gasteiger partial charge in [0.1, 0.15) is 28.7 Å². The number of aryl methyl sites for hydroxylation is 3. The summed E-state index contributed by atoms with van der Waals surface area (Å²) in [5.74, 6) is 0.421. The first-order chi connectivity index (χ1) is 16.9. The maximum atomic E-state index is 16.2. The van der Waals surface area contributed by atoms with E-state index in [2.05, 4.69) is 14.9 Å². The van der Waals surface area contributed by atoms with Crippen LogP contribution in [0.4, 0.5) is 14.6 Å². The van der Waals surface area contributed by atoms with Crippen LogP contribution in [0.1, 0.15) is 43.1 Å². The Labute approximate surface area is 203 Å². The van der Waals surface area contributed by atoms with E-state index in [0.29, 0.717) is 40.0 Å². The third kappa shape index (κ3) is 3.56. The van der Waals surface area contributed by atoms with Crippen molar-refractivity contribution < 1.29 is 13.5 Å². The van der Waals surface area contributed by atoms with E-state index in [1.807, 2.05) is 26.0 Å². The van der Waals surface area contributed by atoms with Crippen LogP contribution in [0.2, 0.25) is 0 Å². The molecule has 1 spiro atoms. The molecule has 180 valence electrons. The lowest BCUT2D eigenvalue weighted by atomic mass is 9.86. The number of piperidine rings is 1. The summed E-state index contributed by atoms with van der Waals surface area (Å²) in [6.45, 7) is 8.02. The van der Waals surface area contributed by atoms with Crippen LogP contribution in [-0.2, 0) is 11.2 Å². The molecule has 2 aromatic heterocycles. The first kappa shape index (κ1) is 22.3. The van der Waals surface area contributed by atoms with Gasteiger partial charge in [-0.2, -0.15) is 0 Å². The van der Waals surface area contributed by atoms with Crippen molar-refractivity contribution >= 4 is 27.5 Å². The molecular weight excluding hydrogens is 446 g/mol. The number of ether oxygens (including phenoxy) is 1. The van der Waals surface area contributed by atoms with E-state index < -0.39 is 5.82 Å². The molecule has 7 heteroatoms. The van der Waals surface area contributed by atoms with Crippen LogP contribution in [0, 0.1) is 25.5 Å². The Bertz CT molecular complexity index is 1480. The van der Waals surface area contributed by atoms with Crippen LogP contribution in [0.15, 0.2) is 30.5 Å². The van der Waals surface area contributed by atoms with Crippen molar-refractivity contribution in [1.82, 2.24) is 15.0 Å². The fourth-order valence-electron chi connectivity index (χ4n) is 5.77. The Balaban J connectivity index is 1.55. The number of anilines is 1. The monoisotopic (exact) mass is 474 g/mol. The van der Waals surface area contributed by atoms with Crippen LogP contribution < -0.4 is 4.90 Å². The molecule has 0 amide bonds. The van der Waals surface area contributed by atoms with Gasteiger partial charge >= 0.3 is 0 Å². The summed E-state index contributed by atoms with van der Waals surface area (Å²) in [5.41, 5.74) is 2.44. The number of halogens is 2. The minimum atomic E-state index is -0.501. The fraction of sp³-hybridized carbons (Fsp3) is 0.393. The van der Waals surface area contributed by atoms with Crippen LogP contribution in [-0.4, -0.2) is 40.2 Å². The molecule has 2 fully saturated rings. The Hall–Kier alpha value is -3.19. The highest BCUT2D eigenvalue weighted by molar-refractivity contribution is 6.01. The molecule has 2 saturated heterocycles. The third-order valence-corrected chi connectivity index (χ3v) is 7.50. The Morgan fingerprint density at radius 3 is 2.69 bits per heavy atom. The number of nitrogens with zero attached hydrogens (tertiary/aromatic N) is 4. The standard InChI is InChI=1S/C28H28F2N4O/c1-4-19-22(29)7-6-18-12-16(2)13-20(23(18)19)25-24(30)26-21(14-31-25)27(33-17(3)32-26)34-10-5-8-28(15-34)9-11-35-28/h6-7,12-14H,4-5,8-11,15H2,1-3H3/t28-/m1/s1. The molecule has 0 unspecified atom stereocenters. The van der Waals surface area contributed by atoms with E-state index in [1.165, 1.54) is 6.07 Å². The topological polar surface area (TPSA) is 51.1 Å². The largest absolute Gasteiger partial charge is 0.373 e. The first-order valence-electron chi connectivity index (χ1n) is 12.3. The number of hydrogen-bond donors (Lipinski definition) is 0. The predicted octanol–water partition coefficient (Wildman–Crippen LogP) is 6.06. The summed E-state index contributed by atoms with van der Waals surface area (Å²) in [4.78, 5) is 16.0. The molecule has 2 aliphatic heterocycles. The minimum Gasteiger partial charge on any atom is -0.373 e. The van der Waals surface area contributed by atoms with Crippen LogP contribution in [0.5, 0.6) is 0 Å². The van der Waals surface area contributed by atoms with Crippen molar-refractivity contribution in [2.24, 2.45) is 0 Å². The Morgan fingerprint density at radius 2 is 1.94 bits per heavy atom. The zero-order valence-corrected chi connectivity index (χ0v) is 20.3. The van der Waals surface area contributed by atoms with E-state index in [0.717, 1.165) is 49.9 Å². The summed E-state index contributed by atoms with van der Waals surface area (Å²) in [7, 11) is 0. The molecule has 0 radical (unpaired) electrons. The van der Waals surface area contributed by atoms with Gasteiger partial charge in [0.25, 0.3) is 0 Å². The smallest absolute Gasteiger partial charge is 0.175 e. The van der Waals surface area contributed by atoms with Crippen LogP contribution in [0.25, 0.3) is 32.9 Å². The second-order valence-electron chi connectivity index (χ2n) is 9.87. The maximum Gasteiger partial charge on any atom is 0.175 e. The average molecular weight is 475 g/mol. The molecule has 4 heterocycles. The van der Waals surface area contributed by atoms with Gasteiger partial charge in [-0.15, -0.1) is 0 Å². The summed E-state index contributed by atoms with van der Waals surface area (Å²) in [6, 6.07) is 7.11. The van der Waals surface area contributed by atoms with Gasteiger partial charge < -0.3 is 9.64 Å². The van der Waals surface area contributed by atoms with Crippen molar-refractivity contribution in [1.29, 1.82) is 0 Å². The van der Waals surface area contributed by atoms with E-state index in [4.69, 9.17) is 9.72 Å². The molecule has 0 saturated carbocycles. The molecule has 35 heavy (non-hydrogen) atoms. The number of aromatic nitrogens is 3. The van der Waals surface area contributed by atoms with Gasteiger partial charge in [0, 0.05) is 31.3 Å². The molecule has 6 rings (SSSR count). The van der Waals surface area contributed by atoms with Gasteiger partial charge in [0.05, 0.1) is 17.6 Å². The molecule has 2 aliphatic rings. The molecular formula is C28H28F2N4O. The fourth-order valence-corrected chi connectivity index (χ4v) is 5.77. The van der Waals surface area contributed by atoms with Crippen molar-refractivity contribution in [3.8, 4) is 11.3 Å². The number of pyridine rings is 1. The summed E-state index contributed by atoms with van der Waals surface area (Å²) in [6.07, 6.45) is 5.25. The predicted molar refractivity (Wildman–Crippen MR) is 134 cm³/mol. The molecule has 0 aliphatic carbocycles. The number of fused-ring (bicyclic) bond motifs is 2. The molecule has 0 bridgehead atoms. The maximum absolute atomic E-state index is 16.2. The highest BCUT2D eigenvalue weighted by Crippen LogP contribution is 2.40. The van der Waals surface area contributed by atoms with Crippen LogP contribution in [0.3, 0.4) is 0 Å². The van der Waals surface area contributed by atoms with Crippen molar-refractivity contribution in [3.05, 3.63) is 59.0 Å². The third-order valence-electron chi connectivity index (χ3n) is 7.50. The lowest BCUT2D eigenvalue weighted by Crippen LogP contribution is -2.56. The highest BCUT2D eigenvalue weighted by Gasteiger charge is 2.42. The SMILES string of the molecule is CCc1c(F)ccc2cc(C)cc(-c3ncc4c(N5CCC[C@@]6(CCO6)C5)nc(C)nc4c3F)c12. The van der Waals surface area contributed by atoms with E-state index in [9.17, 15) is 4.39 Å². The zero-order valence-electron chi connectivity index (χ0n) is 20.3. The van der Waals surface area contributed by atoms with Gasteiger partial charge in [0.15, 0.2) is 5.82 Å². The molecule has 2 aromatic carbocycles. The second-order valence-corrected chi connectivity index (χ2v) is 9.87. The van der Waals surface area contributed by atoms with Crippen molar-refractivity contribution in [3.63, 3.8) is 0 Å². The Morgan fingerprint density at radius 1 is 1.11 bits per heavy atom. The lowest BCUT2D eigenvalue weighted by Gasteiger charge is -2.48. The quantitative estimate of drug-likeness (QED) is 0.361. The van der Waals surface area contributed by atoms with Crippen LogP contribution >= 0.6 is 0 Å².